The molecule has 0 saturated heterocycles. The summed E-state index contributed by atoms with van der Waals surface area (Å²) < 4.78 is 30.3. The lowest BCUT2D eigenvalue weighted by Crippen LogP contribution is -1.92. The number of rotatable bonds is 4. The van der Waals surface area contributed by atoms with Gasteiger partial charge in [0, 0.05) is 0 Å². The number of phenolic OH excluding ortho intramolecular Hbond substituents is 1. The summed E-state index contributed by atoms with van der Waals surface area (Å²) in [7, 11) is -11.7. The van der Waals surface area contributed by atoms with E-state index in [4.69, 9.17) is 33.9 Å². The summed E-state index contributed by atoms with van der Waals surface area (Å²) in [6, 6.07) is 3.53. The van der Waals surface area contributed by atoms with E-state index >= 15 is 0 Å². The fraction of sp³-hybridized carbons (Fsp3) is 0.250. The van der Waals surface area contributed by atoms with E-state index in [1.165, 1.54) is 6.07 Å². The topological polar surface area (TPSA) is 193 Å². The fourth-order valence-electron chi connectivity index (χ4n) is 1.40. The van der Waals surface area contributed by atoms with Gasteiger partial charge in [-0.15, -0.1) is 0 Å². The maximum absolute atomic E-state index is 10.8. The van der Waals surface area contributed by atoms with Crippen LogP contribution >= 0.6 is 23.4 Å². The van der Waals surface area contributed by atoms with E-state index in [0.29, 0.717) is 0 Å². The molecule has 0 unspecified atom stereocenters. The molecule has 10 nitrogen and oxygen atoms in total. The predicted molar refractivity (Wildman–Crippen MR) is 73.0 cm³/mol. The largest absolute Gasteiger partial charge is 0.508 e. The second-order valence-electron chi connectivity index (χ2n) is 3.94. The maximum atomic E-state index is 10.8. The third kappa shape index (κ3) is 12.9. The minimum Gasteiger partial charge on any atom is -0.508 e. The molecule has 0 amide bonds. The van der Waals surface area contributed by atoms with Gasteiger partial charge < -0.3 is 34.5 Å². The molecule has 1 aromatic rings. The summed E-state index contributed by atoms with van der Waals surface area (Å²) in [6.45, 7) is 0. The Morgan fingerprint density at radius 1 is 0.857 bits per heavy atom. The minimum atomic E-state index is -4.28. The fourth-order valence-corrected chi connectivity index (χ4v) is 2.72. The zero-order valence-electron chi connectivity index (χ0n) is 10.4. The molecule has 1 rings (SSSR count). The van der Waals surface area contributed by atoms with Crippen molar-refractivity contribution in [2.75, 3.05) is 0 Å². The van der Waals surface area contributed by atoms with Crippen LogP contribution in [0.3, 0.4) is 0 Å². The molecule has 21 heavy (non-hydrogen) atoms. The van der Waals surface area contributed by atoms with Crippen molar-refractivity contribution in [3.8, 4) is 5.75 Å². The van der Waals surface area contributed by atoms with Crippen LogP contribution in [-0.2, 0) is 26.0 Å². The Kier molecular flexibility index (Phi) is 7.99. The second-order valence-corrected chi connectivity index (χ2v) is 7.79. The monoisotopic (exact) mass is 364 g/mol. The summed E-state index contributed by atoms with van der Waals surface area (Å²) in [5.74, 6) is -0.292. The van der Waals surface area contributed by atoms with Gasteiger partial charge in [0.25, 0.3) is 0 Å². The van der Waals surface area contributed by atoms with Crippen LogP contribution in [0.4, 0.5) is 0 Å². The Bertz CT molecular complexity index is 542. The summed E-state index contributed by atoms with van der Waals surface area (Å²) in [5.41, 5.74) is 0.253. The van der Waals surface area contributed by atoms with Crippen LogP contribution in [0.1, 0.15) is 11.1 Å². The van der Waals surface area contributed by atoms with E-state index in [0.717, 1.165) is 12.1 Å². The predicted octanol–water partition coefficient (Wildman–Crippen LogP) is 0.108. The quantitative estimate of drug-likeness (QED) is 0.360. The van der Waals surface area contributed by atoms with Gasteiger partial charge in [0.2, 0.25) is 0 Å². The first-order valence-corrected chi connectivity index (χ1v) is 10.0. The van der Waals surface area contributed by atoms with Crippen molar-refractivity contribution in [1.82, 2.24) is 0 Å². The van der Waals surface area contributed by atoms with Crippen molar-refractivity contribution in [1.29, 1.82) is 0 Å². The van der Waals surface area contributed by atoms with Crippen LogP contribution in [-0.4, -0.2) is 34.5 Å². The highest BCUT2D eigenvalue weighted by atomic mass is 31.2. The first-order valence-electron chi connectivity index (χ1n) is 5.11. The lowest BCUT2D eigenvalue weighted by atomic mass is 10.1. The molecule has 0 atom stereocenters. The smallest absolute Gasteiger partial charge is 0.329 e. The van der Waals surface area contributed by atoms with Gasteiger partial charge >= 0.3 is 23.4 Å². The molecule has 0 aromatic heterocycles. The Labute approximate surface area is 120 Å². The van der Waals surface area contributed by atoms with E-state index in [2.05, 4.69) is 0 Å². The molecule has 13 heteroatoms. The maximum Gasteiger partial charge on any atom is 0.329 e. The lowest BCUT2D eigenvalue weighted by molar-refractivity contribution is 0.370. The average Bonchev–Trinajstić information content (AvgIpc) is 2.07. The van der Waals surface area contributed by atoms with E-state index in [1.54, 1.807) is 0 Å². The number of benzene rings is 1. The molecule has 0 bridgehead atoms. The first kappa shape index (κ1) is 20.5. The molecule has 0 spiro atoms. The Morgan fingerprint density at radius 2 is 1.14 bits per heavy atom. The van der Waals surface area contributed by atoms with E-state index in [-0.39, 0.29) is 16.9 Å². The summed E-state index contributed by atoms with van der Waals surface area (Å²) >= 11 is 0. The van der Waals surface area contributed by atoms with Crippen LogP contribution in [0.2, 0.25) is 0 Å². The molecular formula is C8H15O10P3. The molecule has 0 fully saturated rings. The number of hydrogen-bond acceptors (Lipinski definition) is 4. The third-order valence-corrected chi connectivity index (χ3v) is 3.37. The van der Waals surface area contributed by atoms with Crippen molar-refractivity contribution in [3.05, 3.63) is 29.3 Å². The Hall–Kier alpha value is -0.530. The SMILES string of the molecule is O=P(O)(O)Cc1cc(O)cc(CP(=O)(O)O)c1.O=[PH](O)O. The van der Waals surface area contributed by atoms with E-state index < -0.39 is 35.8 Å². The number of hydrogen-bond donors (Lipinski definition) is 7. The highest BCUT2D eigenvalue weighted by Crippen LogP contribution is 2.42. The molecule has 7 N–H and O–H groups in total. The molecule has 1 aromatic carbocycles. The van der Waals surface area contributed by atoms with Crippen LogP contribution < -0.4 is 0 Å². The van der Waals surface area contributed by atoms with Gasteiger partial charge in [-0.2, -0.15) is 0 Å². The van der Waals surface area contributed by atoms with Crippen molar-refractivity contribution < 1.29 is 48.2 Å². The first-order chi connectivity index (χ1) is 9.28. The summed E-state index contributed by atoms with van der Waals surface area (Å²) in [5, 5.41) is 9.28. The number of aromatic hydroxyl groups is 1. The van der Waals surface area contributed by atoms with Gasteiger partial charge in [0.15, 0.2) is 0 Å². The van der Waals surface area contributed by atoms with Crippen LogP contribution in [0.5, 0.6) is 5.75 Å². The highest BCUT2D eigenvalue weighted by molar-refractivity contribution is 7.51. The highest BCUT2D eigenvalue weighted by Gasteiger charge is 2.18. The molecule has 0 aliphatic carbocycles. The molecule has 0 radical (unpaired) electrons. The van der Waals surface area contributed by atoms with Crippen LogP contribution in [0.15, 0.2) is 18.2 Å². The molecule has 122 valence electrons. The van der Waals surface area contributed by atoms with Crippen molar-refractivity contribution >= 4 is 23.4 Å². The van der Waals surface area contributed by atoms with Crippen LogP contribution in [0.25, 0.3) is 0 Å². The molecule has 0 aliphatic heterocycles. The zero-order chi connectivity index (χ0) is 16.8. The Morgan fingerprint density at radius 3 is 1.38 bits per heavy atom. The standard InChI is InChI=1S/C8H12O7P2.H3O3P/c9-8-2-6(4-16(10,11)12)1-7(3-8)5-17(13,14)15;1-4(2)3/h1-3,9H,4-5H2,(H2,10,11,12)(H2,13,14,15);4H,(H2,1,2,3). The van der Waals surface area contributed by atoms with Gasteiger partial charge in [-0.05, 0) is 23.3 Å². The zero-order valence-corrected chi connectivity index (χ0v) is 13.2. The van der Waals surface area contributed by atoms with Gasteiger partial charge in [-0.1, -0.05) is 6.07 Å². The third-order valence-electron chi connectivity index (χ3n) is 1.81. The summed E-state index contributed by atoms with van der Waals surface area (Å²) in [6.07, 6.45) is -1.18. The number of phenols is 1. The van der Waals surface area contributed by atoms with E-state index in [9.17, 15) is 14.2 Å². The van der Waals surface area contributed by atoms with Gasteiger partial charge in [-0.3, -0.25) is 13.7 Å². The van der Waals surface area contributed by atoms with Crippen molar-refractivity contribution in [2.24, 2.45) is 0 Å². The molecule has 0 saturated carbocycles. The van der Waals surface area contributed by atoms with Gasteiger partial charge in [0.05, 0.1) is 12.3 Å². The van der Waals surface area contributed by atoms with Gasteiger partial charge in [0.1, 0.15) is 5.75 Å². The average molecular weight is 364 g/mol. The summed E-state index contributed by atoms with van der Waals surface area (Å²) in [4.78, 5) is 49.4. The normalized spacial score (nSPS) is 12.0. The Balaban J connectivity index is 0.000000885. The van der Waals surface area contributed by atoms with Crippen LogP contribution in [0, 0.1) is 0 Å². The van der Waals surface area contributed by atoms with E-state index in [1.807, 2.05) is 0 Å². The second kappa shape index (κ2) is 8.19. The van der Waals surface area contributed by atoms with Crippen molar-refractivity contribution in [3.63, 3.8) is 0 Å². The minimum absolute atomic E-state index is 0.127. The molecular weight excluding hydrogens is 349 g/mol. The molecule has 0 aliphatic rings. The van der Waals surface area contributed by atoms with Gasteiger partial charge in [-0.25, -0.2) is 0 Å². The lowest BCUT2D eigenvalue weighted by Gasteiger charge is -2.09. The molecule has 0 heterocycles. The van der Waals surface area contributed by atoms with Crippen molar-refractivity contribution in [2.45, 2.75) is 12.3 Å².